The smallest absolute Gasteiger partial charge is 0.231 e. The Morgan fingerprint density at radius 3 is 2.15 bits per heavy atom. The van der Waals surface area contributed by atoms with Gasteiger partial charge in [-0.15, -0.1) is 0 Å². The number of rotatable bonds is 8. The van der Waals surface area contributed by atoms with Crippen LogP contribution in [0.15, 0.2) is 0 Å². The molecule has 20 heavy (non-hydrogen) atoms. The van der Waals surface area contributed by atoms with Crippen molar-refractivity contribution in [2.45, 2.75) is 33.7 Å². The van der Waals surface area contributed by atoms with Crippen LogP contribution in [0.1, 0.15) is 27.7 Å². The summed E-state index contributed by atoms with van der Waals surface area (Å²) in [5.41, 5.74) is 0. The summed E-state index contributed by atoms with van der Waals surface area (Å²) in [5, 5.41) is 15.5. The topological polar surface area (TPSA) is 86.2 Å². The van der Waals surface area contributed by atoms with Crippen LogP contribution in [0.25, 0.3) is 0 Å². The zero-order chi connectivity index (χ0) is 15.1. The molecule has 7 nitrogen and oxygen atoms in total. The van der Waals surface area contributed by atoms with Gasteiger partial charge in [0.2, 0.25) is 17.8 Å². The minimum Gasteiger partial charge on any atom is -0.394 e. The maximum Gasteiger partial charge on any atom is 0.231 e. The van der Waals surface area contributed by atoms with Gasteiger partial charge in [0.25, 0.3) is 0 Å². The van der Waals surface area contributed by atoms with Crippen molar-refractivity contribution in [1.29, 1.82) is 0 Å². The Morgan fingerprint density at radius 1 is 1.10 bits per heavy atom. The molecular weight excluding hydrogens is 256 g/mol. The third-order valence-electron chi connectivity index (χ3n) is 3.21. The van der Waals surface area contributed by atoms with E-state index in [1.165, 1.54) is 0 Å². The highest BCUT2D eigenvalue weighted by molar-refractivity contribution is 5.43. The highest BCUT2D eigenvalue weighted by Crippen LogP contribution is 2.15. The van der Waals surface area contributed by atoms with Crippen LogP contribution in [-0.4, -0.2) is 52.8 Å². The fourth-order valence-electron chi connectivity index (χ4n) is 1.78. The van der Waals surface area contributed by atoms with E-state index < -0.39 is 0 Å². The zero-order valence-corrected chi connectivity index (χ0v) is 13.0. The Labute approximate surface area is 120 Å². The summed E-state index contributed by atoms with van der Waals surface area (Å²) in [7, 11) is 1.77. The number of nitrogens with zero attached hydrogens (tertiary/aromatic N) is 4. The fraction of sp³-hybridized carbons (Fsp3) is 0.769. The molecule has 0 aromatic carbocycles. The van der Waals surface area contributed by atoms with E-state index in [1.54, 1.807) is 7.05 Å². The van der Waals surface area contributed by atoms with Gasteiger partial charge in [-0.3, -0.25) is 0 Å². The molecule has 1 atom stereocenters. The van der Waals surface area contributed by atoms with Crippen LogP contribution in [0.3, 0.4) is 0 Å². The quantitative estimate of drug-likeness (QED) is 0.660. The fourth-order valence-corrected chi connectivity index (χ4v) is 1.78. The molecule has 0 spiro atoms. The molecule has 0 saturated heterocycles. The molecule has 0 amide bonds. The first-order valence-electron chi connectivity index (χ1n) is 7.11. The van der Waals surface area contributed by atoms with Crippen molar-refractivity contribution in [2.75, 3.05) is 42.3 Å². The first-order valence-corrected chi connectivity index (χ1v) is 7.11. The lowest BCUT2D eigenvalue weighted by atomic mass is 10.1. The Hall–Kier alpha value is -1.63. The monoisotopic (exact) mass is 282 g/mol. The van der Waals surface area contributed by atoms with Crippen LogP contribution >= 0.6 is 0 Å². The summed E-state index contributed by atoms with van der Waals surface area (Å²) in [6.07, 6.45) is 0. The molecule has 7 heteroatoms. The standard InChI is InChI=1S/C13H26N6O/c1-6-19(7-2)13-17-11(14-5)16-12(18-13)15-10(8-20)9(3)4/h9-10,20H,6-8H2,1-5H3,(H2,14,15,16,17,18)/t10-/m1/s1. The van der Waals surface area contributed by atoms with Gasteiger partial charge in [-0.05, 0) is 19.8 Å². The second-order valence-corrected chi connectivity index (χ2v) is 4.88. The highest BCUT2D eigenvalue weighted by Gasteiger charge is 2.16. The van der Waals surface area contributed by atoms with E-state index in [0.29, 0.717) is 17.8 Å². The maximum absolute atomic E-state index is 9.40. The van der Waals surface area contributed by atoms with Gasteiger partial charge in [-0.25, -0.2) is 0 Å². The Morgan fingerprint density at radius 2 is 1.70 bits per heavy atom. The molecule has 0 saturated carbocycles. The van der Waals surface area contributed by atoms with Gasteiger partial charge in [0.05, 0.1) is 12.6 Å². The van der Waals surface area contributed by atoms with Gasteiger partial charge >= 0.3 is 0 Å². The lowest BCUT2D eigenvalue weighted by Gasteiger charge is -2.22. The van der Waals surface area contributed by atoms with E-state index in [2.05, 4.69) is 44.3 Å². The third kappa shape index (κ3) is 4.19. The number of aliphatic hydroxyl groups excluding tert-OH is 1. The molecule has 114 valence electrons. The van der Waals surface area contributed by atoms with E-state index in [-0.39, 0.29) is 18.6 Å². The van der Waals surface area contributed by atoms with Crippen molar-refractivity contribution in [1.82, 2.24) is 15.0 Å². The highest BCUT2D eigenvalue weighted by atomic mass is 16.3. The summed E-state index contributed by atoms with van der Waals surface area (Å²) >= 11 is 0. The van der Waals surface area contributed by atoms with Gasteiger partial charge in [-0.2, -0.15) is 15.0 Å². The molecule has 0 bridgehead atoms. The van der Waals surface area contributed by atoms with E-state index in [1.807, 2.05) is 13.8 Å². The first-order chi connectivity index (χ1) is 9.55. The van der Waals surface area contributed by atoms with E-state index in [9.17, 15) is 5.11 Å². The summed E-state index contributed by atoms with van der Waals surface area (Å²) in [4.78, 5) is 15.1. The Balaban J connectivity index is 3.03. The molecule has 1 rings (SSSR count). The molecule has 3 N–H and O–H groups in total. The van der Waals surface area contributed by atoms with E-state index in [4.69, 9.17) is 0 Å². The molecular formula is C13H26N6O. The van der Waals surface area contributed by atoms with Gasteiger partial charge in [0.1, 0.15) is 0 Å². The lowest BCUT2D eigenvalue weighted by Crippen LogP contribution is -2.31. The van der Waals surface area contributed by atoms with Crippen molar-refractivity contribution >= 4 is 17.8 Å². The van der Waals surface area contributed by atoms with Gasteiger partial charge in [-0.1, -0.05) is 13.8 Å². The molecule has 0 fully saturated rings. The summed E-state index contributed by atoms with van der Waals surface area (Å²) in [5.74, 6) is 1.92. The van der Waals surface area contributed by atoms with Crippen LogP contribution in [0.5, 0.6) is 0 Å². The molecule has 0 aliphatic carbocycles. The van der Waals surface area contributed by atoms with Crippen molar-refractivity contribution in [3.63, 3.8) is 0 Å². The minimum absolute atomic E-state index is 0.0405. The molecule has 0 radical (unpaired) electrons. The molecule has 1 aromatic heterocycles. The van der Waals surface area contributed by atoms with Crippen molar-refractivity contribution < 1.29 is 5.11 Å². The van der Waals surface area contributed by atoms with Crippen LogP contribution in [0.4, 0.5) is 17.8 Å². The van der Waals surface area contributed by atoms with Crippen LogP contribution < -0.4 is 15.5 Å². The predicted octanol–water partition coefficient (Wildman–Crippen LogP) is 1.19. The maximum atomic E-state index is 9.40. The van der Waals surface area contributed by atoms with Crippen LogP contribution in [-0.2, 0) is 0 Å². The number of aliphatic hydroxyl groups is 1. The molecule has 0 unspecified atom stereocenters. The molecule has 0 aliphatic heterocycles. The first kappa shape index (κ1) is 16.4. The number of anilines is 3. The molecule has 1 heterocycles. The van der Waals surface area contributed by atoms with E-state index in [0.717, 1.165) is 13.1 Å². The number of aromatic nitrogens is 3. The predicted molar refractivity (Wildman–Crippen MR) is 82.3 cm³/mol. The second-order valence-electron chi connectivity index (χ2n) is 4.88. The van der Waals surface area contributed by atoms with Crippen LogP contribution in [0, 0.1) is 5.92 Å². The number of hydrogen-bond donors (Lipinski definition) is 3. The minimum atomic E-state index is -0.0772. The zero-order valence-electron chi connectivity index (χ0n) is 13.0. The summed E-state index contributed by atoms with van der Waals surface area (Å²) < 4.78 is 0. The molecule has 1 aromatic rings. The van der Waals surface area contributed by atoms with Crippen molar-refractivity contribution in [2.24, 2.45) is 5.92 Å². The Bertz CT molecular complexity index is 408. The summed E-state index contributed by atoms with van der Waals surface area (Å²) in [6.45, 7) is 9.90. The molecule has 0 aliphatic rings. The van der Waals surface area contributed by atoms with Crippen LogP contribution in [0.2, 0.25) is 0 Å². The van der Waals surface area contributed by atoms with Gasteiger partial charge < -0.3 is 20.6 Å². The number of nitrogens with one attached hydrogen (secondary N) is 2. The van der Waals surface area contributed by atoms with E-state index >= 15 is 0 Å². The SMILES string of the molecule is CCN(CC)c1nc(NC)nc(N[C@H](CO)C(C)C)n1. The normalized spacial score (nSPS) is 12.3. The number of hydrogen-bond acceptors (Lipinski definition) is 7. The third-order valence-corrected chi connectivity index (χ3v) is 3.21. The summed E-state index contributed by atoms with van der Waals surface area (Å²) in [6, 6.07) is -0.0772. The Kier molecular flexibility index (Phi) is 6.44. The van der Waals surface area contributed by atoms with Gasteiger partial charge in [0, 0.05) is 20.1 Å². The second kappa shape index (κ2) is 7.84. The van der Waals surface area contributed by atoms with Gasteiger partial charge in [0.15, 0.2) is 0 Å². The lowest BCUT2D eigenvalue weighted by molar-refractivity contribution is 0.248. The largest absolute Gasteiger partial charge is 0.394 e. The van der Waals surface area contributed by atoms with Crippen molar-refractivity contribution in [3.8, 4) is 0 Å². The van der Waals surface area contributed by atoms with Crippen molar-refractivity contribution in [3.05, 3.63) is 0 Å². The average molecular weight is 282 g/mol. The average Bonchev–Trinajstić information content (AvgIpc) is 2.45.